The molecule has 2 rings (SSSR count). The largest absolute Gasteiger partial charge is 0.395 e. The topological polar surface area (TPSA) is 145 Å². The molecule has 0 aliphatic rings. The summed E-state index contributed by atoms with van der Waals surface area (Å²) >= 11 is 1.10. The number of aliphatic hydroxyl groups is 2. The zero-order chi connectivity index (χ0) is 22.6. The molecule has 9 nitrogen and oxygen atoms in total. The van der Waals surface area contributed by atoms with Crippen LogP contribution in [0, 0.1) is 0 Å². The molecule has 0 bridgehead atoms. The van der Waals surface area contributed by atoms with Crippen LogP contribution in [-0.4, -0.2) is 78.6 Å². The van der Waals surface area contributed by atoms with Crippen LogP contribution >= 0.6 is 11.3 Å². The third-order valence-electron chi connectivity index (χ3n) is 4.51. The number of rotatable bonds is 13. The molecule has 0 saturated heterocycles. The van der Waals surface area contributed by atoms with Gasteiger partial charge in [-0.25, -0.2) is 0 Å². The standard InChI is InChI=1S/C21H28N4O5S/c22-13-17(28)18-5-6-19(31-18)21(30)24-14-15-1-3-16(4-2-15)20(29)23-7-8-25(9-11-26)10-12-27/h1-6,26-27H,7-14,22H2,(H,23,29)(H,24,30). The Bertz CT molecular complexity index is 863. The maximum Gasteiger partial charge on any atom is 0.261 e. The number of aliphatic hydroxyl groups excluding tert-OH is 2. The van der Waals surface area contributed by atoms with E-state index in [9.17, 15) is 14.4 Å². The van der Waals surface area contributed by atoms with Crippen molar-refractivity contribution < 1.29 is 24.6 Å². The van der Waals surface area contributed by atoms with E-state index in [1.54, 1.807) is 36.4 Å². The molecule has 1 aromatic carbocycles. The number of amides is 2. The first kappa shape index (κ1) is 24.6. The highest BCUT2D eigenvalue weighted by atomic mass is 32.1. The predicted molar refractivity (Wildman–Crippen MR) is 118 cm³/mol. The molecule has 2 amide bonds. The third-order valence-corrected chi connectivity index (χ3v) is 5.63. The van der Waals surface area contributed by atoms with E-state index in [-0.39, 0.29) is 43.9 Å². The molecule has 0 spiro atoms. The summed E-state index contributed by atoms with van der Waals surface area (Å²) in [6.45, 7) is 1.97. The van der Waals surface area contributed by atoms with Gasteiger partial charge in [0.15, 0.2) is 5.78 Å². The average molecular weight is 449 g/mol. The highest BCUT2D eigenvalue weighted by molar-refractivity contribution is 7.16. The van der Waals surface area contributed by atoms with E-state index in [0.717, 1.165) is 16.9 Å². The van der Waals surface area contributed by atoms with Gasteiger partial charge in [0, 0.05) is 38.3 Å². The fourth-order valence-electron chi connectivity index (χ4n) is 2.80. The van der Waals surface area contributed by atoms with Crippen molar-refractivity contribution in [1.29, 1.82) is 0 Å². The normalized spacial score (nSPS) is 10.8. The van der Waals surface area contributed by atoms with E-state index >= 15 is 0 Å². The minimum Gasteiger partial charge on any atom is -0.395 e. The molecule has 0 saturated carbocycles. The van der Waals surface area contributed by atoms with E-state index in [0.29, 0.717) is 41.5 Å². The summed E-state index contributed by atoms with van der Waals surface area (Å²) in [6, 6.07) is 10.1. The van der Waals surface area contributed by atoms with E-state index in [1.165, 1.54) is 0 Å². The van der Waals surface area contributed by atoms with Crippen LogP contribution in [0.15, 0.2) is 36.4 Å². The van der Waals surface area contributed by atoms with Crippen molar-refractivity contribution in [1.82, 2.24) is 15.5 Å². The minimum atomic E-state index is -0.279. The molecule has 0 radical (unpaired) electrons. The number of hydrogen-bond donors (Lipinski definition) is 5. The van der Waals surface area contributed by atoms with Gasteiger partial charge in [-0.05, 0) is 29.8 Å². The molecule has 0 aliphatic carbocycles. The highest BCUT2D eigenvalue weighted by Gasteiger charge is 2.13. The summed E-state index contributed by atoms with van der Waals surface area (Å²) < 4.78 is 0. The van der Waals surface area contributed by atoms with Crippen molar-refractivity contribution >= 4 is 28.9 Å². The molecular weight excluding hydrogens is 420 g/mol. The van der Waals surface area contributed by atoms with Crippen molar-refractivity contribution in [3.63, 3.8) is 0 Å². The Labute approximate surface area is 184 Å². The number of ketones is 1. The molecule has 2 aromatic rings. The Morgan fingerprint density at radius 1 is 0.871 bits per heavy atom. The van der Waals surface area contributed by atoms with Crippen molar-refractivity contribution in [2.24, 2.45) is 5.73 Å². The number of Topliss-reactive ketones (excluding diaryl/α,β-unsaturated/α-hetero) is 1. The molecule has 31 heavy (non-hydrogen) atoms. The molecule has 1 heterocycles. The summed E-state index contributed by atoms with van der Waals surface area (Å²) in [4.78, 5) is 38.8. The van der Waals surface area contributed by atoms with Gasteiger partial charge in [0.05, 0.1) is 29.5 Å². The van der Waals surface area contributed by atoms with Crippen LogP contribution < -0.4 is 16.4 Å². The fraction of sp³-hybridized carbons (Fsp3) is 0.381. The Morgan fingerprint density at radius 3 is 2.13 bits per heavy atom. The second-order valence-corrected chi connectivity index (χ2v) is 7.80. The summed E-state index contributed by atoms with van der Waals surface area (Å²) in [5.74, 6) is -0.704. The van der Waals surface area contributed by atoms with Crippen LogP contribution in [0.4, 0.5) is 0 Å². The number of nitrogens with zero attached hydrogens (tertiary/aromatic N) is 1. The number of carbonyl (C=O) groups is 3. The molecule has 0 fully saturated rings. The van der Waals surface area contributed by atoms with Gasteiger partial charge in [0.2, 0.25) is 0 Å². The number of carbonyl (C=O) groups excluding carboxylic acids is 3. The summed E-state index contributed by atoms with van der Waals surface area (Å²) in [7, 11) is 0. The number of nitrogens with one attached hydrogen (secondary N) is 2. The maximum absolute atomic E-state index is 12.3. The van der Waals surface area contributed by atoms with Crippen molar-refractivity contribution in [2.75, 3.05) is 45.9 Å². The fourth-order valence-corrected chi connectivity index (χ4v) is 3.67. The van der Waals surface area contributed by atoms with E-state index in [2.05, 4.69) is 10.6 Å². The Morgan fingerprint density at radius 2 is 1.52 bits per heavy atom. The lowest BCUT2D eigenvalue weighted by Crippen LogP contribution is -2.37. The van der Waals surface area contributed by atoms with Gasteiger partial charge < -0.3 is 26.6 Å². The quantitative estimate of drug-likeness (QED) is 0.268. The Hall–Kier alpha value is -2.63. The van der Waals surface area contributed by atoms with Gasteiger partial charge in [-0.2, -0.15) is 0 Å². The first-order valence-corrected chi connectivity index (χ1v) is 10.7. The maximum atomic E-state index is 12.3. The second-order valence-electron chi connectivity index (χ2n) is 6.72. The predicted octanol–water partition coefficient (Wildman–Crippen LogP) is -0.164. The number of benzene rings is 1. The van der Waals surface area contributed by atoms with Crippen molar-refractivity contribution in [3.8, 4) is 0 Å². The van der Waals surface area contributed by atoms with Gasteiger partial charge in [0.25, 0.3) is 11.8 Å². The lowest BCUT2D eigenvalue weighted by Gasteiger charge is -2.20. The lowest BCUT2D eigenvalue weighted by molar-refractivity contribution is 0.0938. The Kier molecular flexibility index (Phi) is 10.3. The van der Waals surface area contributed by atoms with Gasteiger partial charge in [-0.3, -0.25) is 19.3 Å². The van der Waals surface area contributed by atoms with Crippen LogP contribution in [0.5, 0.6) is 0 Å². The van der Waals surface area contributed by atoms with Crippen LogP contribution in [0.1, 0.15) is 35.3 Å². The van der Waals surface area contributed by atoms with Crippen LogP contribution in [0.25, 0.3) is 0 Å². The first-order chi connectivity index (χ1) is 15.0. The van der Waals surface area contributed by atoms with Crippen LogP contribution in [0.2, 0.25) is 0 Å². The van der Waals surface area contributed by atoms with Crippen molar-refractivity contribution in [2.45, 2.75) is 6.54 Å². The third kappa shape index (κ3) is 7.85. The highest BCUT2D eigenvalue weighted by Crippen LogP contribution is 2.17. The number of hydrogen-bond acceptors (Lipinski definition) is 8. The van der Waals surface area contributed by atoms with Gasteiger partial charge in [0.1, 0.15) is 0 Å². The van der Waals surface area contributed by atoms with Gasteiger partial charge >= 0.3 is 0 Å². The average Bonchev–Trinajstić information content (AvgIpc) is 3.28. The molecule has 6 N–H and O–H groups in total. The molecule has 0 unspecified atom stereocenters. The van der Waals surface area contributed by atoms with Gasteiger partial charge in [-0.1, -0.05) is 12.1 Å². The monoisotopic (exact) mass is 448 g/mol. The zero-order valence-electron chi connectivity index (χ0n) is 17.2. The molecule has 0 atom stereocenters. The summed E-state index contributed by atoms with van der Waals surface area (Å²) in [6.07, 6.45) is 0. The summed E-state index contributed by atoms with van der Waals surface area (Å²) in [5, 5.41) is 23.6. The van der Waals surface area contributed by atoms with E-state index in [4.69, 9.17) is 15.9 Å². The lowest BCUT2D eigenvalue weighted by atomic mass is 10.1. The molecule has 168 valence electrons. The molecule has 10 heteroatoms. The SMILES string of the molecule is NCC(=O)c1ccc(C(=O)NCc2ccc(C(=O)NCCN(CCO)CCO)cc2)s1. The van der Waals surface area contributed by atoms with Crippen molar-refractivity contribution in [3.05, 3.63) is 57.3 Å². The molecular formula is C21H28N4O5S. The van der Waals surface area contributed by atoms with E-state index < -0.39 is 0 Å². The smallest absolute Gasteiger partial charge is 0.261 e. The molecule has 1 aromatic heterocycles. The zero-order valence-corrected chi connectivity index (χ0v) is 18.0. The Balaban J connectivity index is 1.80. The number of thiophene rings is 1. The van der Waals surface area contributed by atoms with Crippen LogP contribution in [0.3, 0.4) is 0 Å². The summed E-state index contributed by atoms with van der Waals surface area (Å²) in [5.41, 5.74) is 6.65. The van der Waals surface area contributed by atoms with E-state index in [1.807, 2.05) is 4.90 Å². The molecule has 0 aliphatic heterocycles. The minimum absolute atomic E-state index is 0.00851. The van der Waals surface area contributed by atoms with Gasteiger partial charge in [-0.15, -0.1) is 11.3 Å². The number of nitrogens with two attached hydrogens (primary N) is 1. The van der Waals surface area contributed by atoms with Crippen LogP contribution in [-0.2, 0) is 6.54 Å². The second kappa shape index (κ2) is 12.9. The first-order valence-electron chi connectivity index (χ1n) is 9.91.